The lowest BCUT2D eigenvalue weighted by Gasteiger charge is -2.26. The number of sulfonamides is 1. The van der Waals surface area contributed by atoms with Gasteiger partial charge in [-0.15, -0.1) is 10.2 Å². The summed E-state index contributed by atoms with van der Waals surface area (Å²) in [4.78, 5) is 13.0. The van der Waals surface area contributed by atoms with Crippen LogP contribution in [0.25, 0.3) is 0 Å². The van der Waals surface area contributed by atoms with E-state index < -0.39 is 10.0 Å². The van der Waals surface area contributed by atoms with Gasteiger partial charge in [0.05, 0.1) is 23.4 Å². The Morgan fingerprint density at radius 3 is 2.44 bits per heavy atom. The van der Waals surface area contributed by atoms with Gasteiger partial charge in [-0.3, -0.25) is 4.79 Å². The van der Waals surface area contributed by atoms with Gasteiger partial charge in [0.1, 0.15) is 5.82 Å². The Balaban J connectivity index is 1.22. The molecule has 172 valence electrons. The smallest absolute Gasteiger partial charge is 0.243 e. The molecular formula is C21H27N5O4S2. The van der Waals surface area contributed by atoms with Crippen LogP contribution in [-0.2, 0) is 19.6 Å². The van der Waals surface area contributed by atoms with Gasteiger partial charge < -0.3 is 14.6 Å². The van der Waals surface area contributed by atoms with Crippen LogP contribution in [0.4, 0.5) is 5.69 Å². The molecule has 3 fully saturated rings. The molecule has 2 heterocycles. The molecule has 1 N–H and O–H groups in total. The number of nitrogens with zero attached hydrogens (tertiary/aromatic N) is 4. The normalized spacial score (nSPS) is 20.8. The predicted molar refractivity (Wildman–Crippen MR) is 120 cm³/mol. The number of hydrogen-bond donors (Lipinski definition) is 1. The first-order valence-corrected chi connectivity index (χ1v) is 13.4. The fourth-order valence-corrected chi connectivity index (χ4v) is 6.10. The van der Waals surface area contributed by atoms with Crippen LogP contribution in [0.15, 0.2) is 34.3 Å². The lowest BCUT2D eigenvalue weighted by molar-refractivity contribution is -0.115. The Morgan fingerprint density at radius 1 is 1.12 bits per heavy atom. The monoisotopic (exact) mass is 477 g/mol. The summed E-state index contributed by atoms with van der Waals surface area (Å²) in [7, 11) is -3.55. The van der Waals surface area contributed by atoms with Gasteiger partial charge in [0.25, 0.3) is 0 Å². The van der Waals surface area contributed by atoms with E-state index in [1.54, 1.807) is 12.1 Å². The number of ether oxygens (including phenoxy) is 1. The fraction of sp³-hybridized carbons (Fsp3) is 0.571. The molecule has 3 aliphatic rings. The zero-order valence-electron chi connectivity index (χ0n) is 17.9. The molecule has 1 aromatic heterocycles. The highest BCUT2D eigenvalue weighted by molar-refractivity contribution is 8.00. The van der Waals surface area contributed by atoms with Gasteiger partial charge >= 0.3 is 0 Å². The van der Waals surface area contributed by atoms with Crippen LogP contribution in [0.5, 0.6) is 0 Å². The lowest BCUT2D eigenvalue weighted by Crippen LogP contribution is -2.40. The third-order valence-electron chi connectivity index (χ3n) is 5.93. The van der Waals surface area contributed by atoms with E-state index >= 15 is 0 Å². The van der Waals surface area contributed by atoms with Gasteiger partial charge in [-0.05, 0) is 56.9 Å². The van der Waals surface area contributed by atoms with E-state index in [2.05, 4.69) is 20.1 Å². The fourth-order valence-electron chi connectivity index (χ4n) is 3.77. The first kappa shape index (κ1) is 21.9. The van der Waals surface area contributed by atoms with Crippen LogP contribution >= 0.6 is 11.8 Å². The highest BCUT2D eigenvalue weighted by atomic mass is 32.2. The van der Waals surface area contributed by atoms with E-state index in [9.17, 15) is 13.2 Å². The second-order valence-electron chi connectivity index (χ2n) is 8.51. The zero-order chi connectivity index (χ0) is 22.3. The topological polar surface area (TPSA) is 106 Å². The highest BCUT2D eigenvalue weighted by Crippen LogP contribution is 2.46. The molecule has 1 atom stereocenters. The summed E-state index contributed by atoms with van der Waals surface area (Å²) < 4.78 is 34.4. The molecular weight excluding hydrogens is 450 g/mol. The average molecular weight is 478 g/mol. The van der Waals surface area contributed by atoms with Crippen LogP contribution in [0.2, 0.25) is 0 Å². The molecule has 32 heavy (non-hydrogen) atoms. The predicted octanol–water partition coefficient (Wildman–Crippen LogP) is 2.63. The number of morpholine rings is 1. The minimum atomic E-state index is -3.55. The zero-order valence-corrected chi connectivity index (χ0v) is 19.6. The third-order valence-corrected chi connectivity index (χ3v) is 8.90. The van der Waals surface area contributed by atoms with Gasteiger partial charge in [0, 0.05) is 30.7 Å². The minimum absolute atomic E-state index is 0.155. The number of benzene rings is 1. The minimum Gasteiger partial charge on any atom is -0.379 e. The van der Waals surface area contributed by atoms with Gasteiger partial charge in [0.15, 0.2) is 5.16 Å². The van der Waals surface area contributed by atoms with Crippen LogP contribution in [0.3, 0.4) is 0 Å². The summed E-state index contributed by atoms with van der Waals surface area (Å²) in [6.07, 6.45) is 4.63. The number of carbonyl (C=O) groups excluding carboxylic acids is 1. The molecule has 1 aliphatic heterocycles. The molecule has 11 heteroatoms. The van der Waals surface area contributed by atoms with E-state index in [1.807, 2.05) is 6.92 Å². The van der Waals surface area contributed by atoms with Crippen molar-refractivity contribution in [2.45, 2.75) is 59.9 Å². The summed E-state index contributed by atoms with van der Waals surface area (Å²) in [5, 5.41) is 12.1. The number of rotatable bonds is 8. The van der Waals surface area contributed by atoms with Crippen molar-refractivity contribution in [1.82, 2.24) is 19.1 Å². The number of hydrogen-bond acceptors (Lipinski definition) is 7. The van der Waals surface area contributed by atoms with Gasteiger partial charge in [0.2, 0.25) is 15.9 Å². The van der Waals surface area contributed by atoms with Crippen molar-refractivity contribution in [1.29, 1.82) is 0 Å². The Labute approximate surface area is 192 Å². The summed E-state index contributed by atoms with van der Waals surface area (Å²) in [5.41, 5.74) is 0.561. The van der Waals surface area contributed by atoms with Crippen molar-refractivity contribution in [2.75, 3.05) is 31.6 Å². The molecule has 2 saturated carbocycles. The summed E-state index contributed by atoms with van der Waals surface area (Å²) in [6.45, 7) is 3.35. The second kappa shape index (κ2) is 8.77. The molecule has 5 rings (SSSR count). The number of anilines is 1. The molecule has 9 nitrogen and oxygen atoms in total. The summed E-state index contributed by atoms with van der Waals surface area (Å²) >= 11 is 1.42. The second-order valence-corrected chi connectivity index (χ2v) is 11.8. The largest absolute Gasteiger partial charge is 0.379 e. The molecule has 0 unspecified atom stereocenters. The van der Waals surface area contributed by atoms with Gasteiger partial charge in [-0.1, -0.05) is 11.8 Å². The Kier molecular flexibility index (Phi) is 5.99. The van der Waals surface area contributed by atoms with E-state index in [4.69, 9.17) is 4.74 Å². The molecule has 0 bridgehead atoms. The number of aromatic nitrogens is 3. The standard InChI is InChI=1S/C21H27N5O4S2/c1-14(31-21-24-23-19(15-2-3-15)26(21)17-6-7-17)20(27)22-16-4-8-18(9-5-16)32(28,29)25-10-12-30-13-11-25/h4-5,8-9,14-15,17H,2-3,6-7,10-13H2,1H3,(H,22,27)/t14-/m0/s1. The van der Waals surface area contributed by atoms with Crippen molar-refractivity contribution >= 4 is 33.4 Å². The first-order chi connectivity index (χ1) is 15.4. The van der Waals surface area contributed by atoms with Gasteiger partial charge in [-0.25, -0.2) is 8.42 Å². The van der Waals surface area contributed by atoms with Crippen LogP contribution < -0.4 is 5.32 Å². The number of nitrogens with one attached hydrogen (secondary N) is 1. The third kappa shape index (κ3) is 4.57. The van der Waals surface area contributed by atoms with Crippen molar-refractivity contribution in [3.05, 3.63) is 30.1 Å². The van der Waals surface area contributed by atoms with E-state index in [-0.39, 0.29) is 16.1 Å². The average Bonchev–Trinajstić information content (AvgIpc) is 3.74. The Morgan fingerprint density at radius 2 is 1.81 bits per heavy atom. The molecule has 2 aliphatic carbocycles. The Hall–Kier alpha value is -1.95. The van der Waals surface area contributed by atoms with Crippen molar-refractivity contribution < 1.29 is 17.9 Å². The number of thioether (sulfide) groups is 1. The Bertz CT molecular complexity index is 1090. The maximum Gasteiger partial charge on any atom is 0.243 e. The number of amides is 1. The van der Waals surface area contributed by atoms with Crippen molar-refractivity contribution in [3.63, 3.8) is 0 Å². The molecule has 1 saturated heterocycles. The molecule has 1 amide bonds. The van der Waals surface area contributed by atoms with E-state index in [0.29, 0.717) is 44.0 Å². The van der Waals surface area contributed by atoms with Gasteiger partial charge in [-0.2, -0.15) is 4.31 Å². The quantitative estimate of drug-likeness (QED) is 0.583. The number of carbonyl (C=O) groups is 1. The summed E-state index contributed by atoms with van der Waals surface area (Å²) in [5.74, 6) is 1.44. The molecule has 1 aromatic carbocycles. The molecule has 0 radical (unpaired) electrons. The molecule has 0 spiro atoms. The SMILES string of the molecule is C[C@H](Sc1nnc(C2CC2)n1C1CC1)C(=O)Nc1ccc(S(=O)(=O)N2CCOCC2)cc1. The maximum atomic E-state index is 12.8. The van der Waals surface area contributed by atoms with Crippen LogP contribution in [-0.4, -0.2) is 64.9 Å². The van der Waals surface area contributed by atoms with E-state index in [1.165, 1.54) is 41.0 Å². The lowest BCUT2D eigenvalue weighted by atomic mass is 10.3. The first-order valence-electron chi connectivity index (χ1n) is 11.0. The maximum absolute atomic E-state index is 12.8. The molecule has 2 aromatic rings. The van der Waals surface area contributed by atoms with E-state index in [0.717, 1.165) is 23.8 Å². The van der Waals surface area contributed by atoms with Crippen molar-refractivity contribution in [3.8, 4) is 0 Å². The summed E-state index contributed by atoms with van der Waals surface area (Å²) in [6, 6.07) is 6.79. The van der Waals surface area contributed by atoms with Crippen LogP contribution in [0, 0.1) is 0 Å². The highest BCUT2D eigenvalue weighted by Gasteiger charge is 2.37. The van der Waals surface area contributed by atoms with Crippen molar-refractivity contribution in [2.24, 2.45) is 0 Å². The van der Waals surface area contributed by atoms with Crippen LogP contribution in [0.1, 0.15) is 50.4 Å².